The Bertz CT molecular complexity index is 4340. The first kappa shape index (κ1) is 39.9. The summed E-state index contributed by atoms with van der Waals surface area (Å²) >= 11 is 0. The van der Waals surface area contributed by atoms with Crippen LogP contribution in [0, 0.1) is 0 Å². The molecule has 0 atom stereocenters. The summed E-state index contributed by atoms with van der Waals surface area (Å²) in [5.74, 6) is 0. The van der Waals surface area contributed by atoms with Gasteiger partial charge in [-0.3, -0.25) is 0 Å². The SMILES string of the molecule is c1ccc(-c2cccc(-c3cccc(N(c4cccc(-c5ccc6c7ccccc7c7ccccc7c6c5)c4)c4ccc(-c5cc6ccccc6c6ccccc56)c5oc6ccccc6c45)c3)c2)cc1. The largest absolute Gasteiger partial charge is 0.455 e. The number of fused-ring (bicyclic) bond motifs is 12. The fourth-order valence-corrected chi connectivity index (χ4v) is 11.2. The fourth-order valence-electron chi connectivity index (χ4n) is 11.2. The molecule has 2 nitrogen and oxygen atoms in total. The van der Waals surface area contributed by atoms with Crippen LogP contribution in [-0.2, 0) is 0 Å². The third kappa shape index (κ3) is 6.49. The van der Waals surface area contributed by atoms with E-state index in [1.807, 2.05) is 0 Å². The average Bonchev–Trinajstić information content (AvgIpc) is 3.84. The van der Waals surface area contributed by atoms with Crippen LogP contribution in [-0.4, -0.2) is 0 Å². The highest BCUT2D eigenvalue weighted by Crippen LogP contribution is 2.49. The van der Waals surface area contributed by atoms with Gasteiger partial charge in [0.05, 0.1) is 11.1 Å². The highest BCUT2D eigenvalue weighted by atomic mass is 16.3. The van der Waals surface area contributed by atoms with Crippen molar-refractivity contribution in [3.63, 3.8) is 0 Å². The number of anilines is 3. The molecule has 1 heterocycles. The second-order valence-corrected chi connectivity index (χ2v) is 18.4. The van der Waals surface area contributed by atoms with Crippen LogP contribution in [0.1, 0.15) is 0 Å². The van der Waals surface area contributed by atoms with Crippen LogP contribution in [0.2, 0.25) is 0 Å². The topological polar surface area (TPSA) is 16.4 Å². The zero-order valence-corrected chi connectivity index (χ0v) is 38.2. The Morgan fingerprint density at radius 3 is 1.40 bits per heavy atom. The molecule has 1 aromatic heterocycles. The Morgan fingerprint density at radius 1 is 0.257 bits per heavy atom. The van der Waals surface area contributed by atoms with E-state index < -0.39 is 0 Å². The van der Waals surface area contributed by atoms with Gasteiger partial charge in [0.15, 0.2) is 0 Å². The van der Waals surface area contributed by atoms with Crippen LogP contribution >= 0.6 is 0 Å². The zero-order valence-electron chi connectivity index (χ0n) is 38.2. The van der Waals surface area contributed by atoms with Crippen molar-refractivity contribution >= 4 is 92.9 Å². The molecule has 0 saturated carbocycles. The Morgan fingerprint density at radius 2 is 0.729 bits per heavy atom. The molecule has 0 radical (unpaired) electrons. The van der Waals surface area contributed by atoms with Crippen molar-refractivity contribution in [3.05, 3.63) is 261 Å². The lowest BCUT2D eigenvalue weighted by Crippen LogP contribution is -2.11. The maximum Gasteiger partial charge on any atom is 0.145 e. The van der Waals surface area contributed by atoms with E-state index in [4.69, 9.17) is 4.42 Å². The zero-order chi connectivity index (χ0) is 46.1. The number of benzene rings is 13. The van der Waals surface area contributed by atoms with E-state index in [1.54, 1.807) is 0 Å². The molecule has 0 amide bonds. The monoisotopic (exact) mass is 889 g/mol. The summed E-state index contributed by atoms with van der Waals surface area (Å²) in [7, 11) is 0. The van der Waals surface area contributed by atoms with E-state index in [0.29, 0.717) is 0 Å². The third-order valence-electron chi connectivity index (χ3n) is 14.4. The van der Waals surface area contributed by atoms with Gasteiger partial charge in [-0.1, -0.05) is 200 Å². The van der Waals surface area contributed by atoms with Gasteiger partial charge in [0.2, 0.25) is 0 Å². The highest BCUT2D eigenvalue weighted by Gasteiger charge is 2.24. The fraction of sp³-hybridized carbons (Fsp3) is 0. The Hall–Kier alpha value is -9.24. The van der Waals surface area contributed by atoms with Crippen molar-refractivity contribution in [3.8, 4) is 44.5 Å². The number of furan rings is 1. The van der Waals surface area contributed by atoms with E-state index in [-0.39, 0.29) is 0 Å². The summed E-state index contributed by atoms with van der Waals surface area (Å²) in [5, 5.41) is 14.6. The van der Waals surface area contributed by atoms with Crippen LogP contribution in [0.4, 0.5) is 17.1 Å². The Kier molecular flexibility index (Phi) is 9.25. The summed E-state index contributed by atoms with van der Waals surface area (Å²) in [6.45, 7) is 0. The molecule has 0 fully saturated rings. The van der Waals surface area contributed by atoms with Gasteiger partial charge < -0.3 is 9.32 Å². The molecule has 70 heavy (non-hydrogen) atoms. The van der Waals surface area contributed by atoms with E-state index in [0.717, 1.165) is 66.8 Å². The lowest BCUT2D eigenvalue weighted by Gasteiger charge is -2.28. The first-order valence-electron chi connectivity index (χ1n) is 24.1. The molecule has 0 N–H and O–H groups in total. The van der Waals surface area contributed by atoms with Crippen LogP contribution in [0.25, 0.3) is 120 Å². The molecule has 2 heteroatoms. The number of rotatable bonds is 7. The van der Waals surface area contributed by atoms with Crippen LogP contribution in [0.15, 0.2) is 265 Å². The summed E-state index contributed by atoms with van der Waals surface area (Å²) in [6, 6.07) is 95.0. The first-order chi connectivity index (χ1) is 34.7. The number of hydrogen-bond acceptors (Lipinski definition) is 2. The van der Waals surface area contributed by atoms with Gasteiger partial charge in [0, 0.05) is 22.3 Å². The van der Waals surface area contributed by atoms with E-state index in [1.165, 1.54) is 70.6 Å². The smallest absolute Gasteiger partial charge is 0.145 e. The predicted octanol–water partition coefficient (Wildman–Crippen LogP) is 19.5. The molecule has 13 aromatic carbocycles. The molecule has 0 aliphatic heterocycles. The molecule has 14 aromatic rings. The van der Waals surface area contributed by atoms with Crippen molar-refractivity contribution in [2.45, 2.75) is 0 Å². The summed E-state index contributed by atoms with van der Waals surface area (Å²) in [6.07, 6.45) is 0. The normalized spacial score (nSPS) is 11.7. The maximum absolute atomic E-state index is 7.08. The molecule has 0 spiro atoms. The molecule has 0 bridgehead atoms. The summed E-state index contributed by atoms with van der Waals surface area (Å²) in [4.78, 5) is 2.44. The van der Waals surface area contributed by atoms with Gasteiger partial charge in [-0.15, -0.1) is 0 Å². The minimum absolute atomic E-state index is 0.854. The molecule has 14 rings (SSSR count). The molecule has 0 unspecified atom stereocenters. The van der Waals surface area contributed by atoms with E-state index >= 15 is 0 Å². The van der Waals surface area contributed by atoms with E-state index in [2.05, 4.69) is 266 Å². The molecular weight excluding hydrogens is 847 g/mol. The lowest BCUT2D eigenvalue weighted by atomic mass is 9.91. The average molecular weight is 890 g/mol. The standard InChI is InChI=1S/C68H43NO/c1-2-17-44(18-3-1)45-20-14-21-46(39-45)47-22-15-24-51(40-47)69(52-25-16-23-48(41-52)49-35-36-60-57-30-8-7-28-55(57)56-29-9-11-32-59(56)63(60)42-49)65-38-37-61(68-67(65)62-33-12-13-34-66(62)70-68)64-43-50-19-4-5-26-53(50)54-27-6-10-31-58(54)64/h1-43H. The third-order valence-corrected chi connectivity index (χ3v) is 14.4. The van der Waals surface area contributed by atoms with Crippen LogP contribution in [0.5, 0.6) is 0 Å². The van der Waals surface area contributed by atoms with E-state index in [9.17, 15) is 0 Å². The second-order valence-electron chi connectivity index (χ2n) is 18.4. The quantitative estimate of drug-likeness (QED) is 0.148. The van der Waals surface area contributed by atoms with Crippen molar-refractivity contribution in [2.24, 2.45) is 0 Å². The minimum Gasteiger partial charge on any atom is -0.455 e. The number of nitrogens with zero attached hydrogens (tertiary/aromatic N) is 1. The second kappa shape index (κ2) is 16.2. The van der Waals surface area contributed by atoms with Gasteiger partial charge in [0.1, 0.15) is 11.2 Å². The van der Waals surface area contributed by atoms with Crippen molar-refractivity contribution in [1.29, 1.82) is 0 Å². The Balaban J connectivity index is 1.00. The molecule has 326 valence electrons. The van der Waals surface area contributed by atoms with Gasteiger partial charge >= 0.3 is 0 Å². The van der Waals surface area contributed by atoms with Crippen molar-refractivity contribution in [2.75, 3.05) is 4.90 Å². The maximum atomic E-state index is 7.08. The van der Waals surface area contributed by atoms with Crippen LogP contribution < -0.4 is 4.90 Å². The number of hydrogen-bond donors (Lipinski definition) is 0. The van der Waals surface area contributed by atoms with Crippen LogP contribution in [0.3, 0.4) is 0 Å². The highest BCUT2D eigenvalue weighted by molar-refractivity contribution is 6.26. The van der Waals surface area contributed by atoms with Gasteiger partial charge in [-0.2, -0.15) is 0 Å². The van der Waals surface area contributed by atoms with Gasteiger partial charge in [-0.05, 0) is 153 Å². The lowest BCUT2D eigenvalue weighted by molar-refractivity contribution is 0.670. The van der Waals surface area contributed by atoms with Gasteiger partial charge in [0.25, 0.3) is 0 Å². The molecular formula is C68H43NO. The van der Waals surface area contributed by atoms with Gasteiger partial charge in [-0.25, -0.2) is 0 Å². The summed E-state index contributed by atoms with van der Waals surface area (Å²) < 4.78 is 7.08. The molecule has 0 aliphatic rings. The summed E-state index contributed by atoms with van der Waals surface area (Å²) in [5.41, 5.74) is 14.0. The Labute approximate surface area is 405 Å². The predicted molar refractivity (Wildman–Crippen MR) is 298 cm³/mol. The number of para-hydroxylation sites is 1. The minimum atomic E-state index is 0.854. The van der Waals surface area contributed by atoms with Crippen molar-refractivity contribution in [1.82, 2.24) is 0 Å². The molecule has 0 saturated heterocycles. The first-order valence-corrected chi connectivity index (χ1v) is 24.1. The molecule has 0 aliphatic carbocycles. The van der Waals surface area contributed by atoms with Crippen molar-refractivity contribution < 1.29 is 4.42 Å².